The Balaban J connectivity index is 2.14. The number of esters is 1. The van der Waals surface area contributed by atoms with Crippen molar-refractivity contribution in [2.45, 2.75) is 25.4 Å². The summed E-state index contributed by atoms with van der Waals surface area (Å²) in [6.45, 7) is 3.65. The molecule has 1 aromatic rings. The number of hydrogen-bond acceptors (Lipinski definition) is 6. The van der Waals surface area contributed by atoms with Crippen molar-refractivity contribution in [3.63, 3.8) is 0 Å². The largest absolute Gasteiger partial charge is 0.496 e. The molecule has 7 heteroatoms. The fourth-order valence-corrected chi connectivity index (χ4v) is 4.10. The zero-order valence-corrected chi connectivity index (χ0v) is 14.7. The summed E-state index contributed by atoms with van der Waals surface area (Å²) >= 11 is 0. The number of nitrogens with zero attached hydrogens (tertiary/aromatic N) is 1. The van der Waals surface area contributed by atoms with Crippen LogP contribution in [0.1, 0.15) is 25.5 Å². The summed E-state index contributed by atoms with van der Waals surface area (Å²) in [6, 6.07) is 6.77. The first-order valence-electron chi connectivity index (χ1n) is 8.25. The average molecular weight is 346 g/mol. The number of ether oxygens (including phenoxy) is 2. The molecule has 4 atom stereocenters. The fraction of sp³-hybridized carbons (Fsp3) is 0.500. The van der Waals surface area contributed by atoms with E-state index in [0.717, 1.165) is 5.56 Å². The lowest BCUT2D eigenvalue weighted by molar-refractivity contribution is -0.153. The SMILES string of the molecule is CCN1C(=O)[C@@H]2[C@H](c3ccccc3OC)N[C@](C)(C(=O)OC)[C@H]2C1=O. The maximum atomic E-state index is 12.9. The molecule has 2 heterocycles. The van der Waals surface area contributed by atoms with Crippen LogP contribution in [0.25, 0.3) is 0 Å². The average Bonchev–Trinajstić information content (AvgIpc) is 3.08. The second kappa shape index (κ2) is 6.15. The van der Waals surface area contributed by atoms with E-state index in [2.05, 4.69) is 5.32 Å². The Kier molecular flexibility index (Phi) is 4.28. The predicted molar refractivity (Wildman–Crippen MR) is 88.7 cm³/mol. The second-order valence-electron chi connectivity index (χ2n) is 6.48. The Hall–Kier alpha value is -2.41. The number of carbonyl (C=O) groups excluding carboxylic acids is 3. The molecule has 1 N–H and O–H groups in total. The van der Waals surface area contributed by atoms with Gasteiger partial charge < -0.3 is 9.47 Å². The van der Waals surface area contributed by atoms with Crippen molar-refractivity contribution in [1.29, 1.82) is 0 Å². The summed E-state index contributed by atoms with van der Waals surface area (Å²) in [6.07, 6.45) is 0. The van der Waals surface area contributed by atoms with Crippen LogP contribution in [-0.2, 0) is 19.1 Å². The standard InChI is InChI=1S/C18H22N2O5/c1-5-20-15(21)12-13(16(20)22)18(2,17(23)25-4)19-14(12)10-8-6-7-9-11(10)24-3/h6-9,12-14,19H,5H2,1-4H3/t12-,13+,14-,18-/m0/s1. The summed E-state index contributed by atoms with van der Waals surface area (Å²) in [5, 5.41) is 3.19. The molecule has 25 heavy (non-hydrogen) atoms. The van der Waals surface area contributed by atoms with Crippen molar-refractivity contribution in [1.82, 2.24) is 10.2 Å². The van der Waals surface area contributed by atoms with E-state index in [1.54, 1.807) is 27.0 Å². The van der Waals surface area contributed by atoms with Crippen LogP contribution in [-0.4, -0.2) is 49.0 Å². The minimum absolute atomic E-state index is 0.270. The molecule has 1 aromatic carbocycles. The Morgan fingerprint density at radius 2 is 1.92 bits per heavy atom. The Morgan fingerprint density at radius 3 is 2.52 bits per heavy atom. The molecule has 2 amide bonds. The van der Waals surface area contributed by atoms with Crippen LogP contribution in [0.3, 0.4) is 0 Å². The molecule has 0 radical (unpaired) electrons. The molecule has 0 bridgehead atoms. The number of imide groups is 1. The van der Waals surface area contributed by atoms with Gasteiger partial charge in [0.15, 0.2) is 0 Å². The van der Waals surface area contributed by atoms with Gasteiger partial charge in [0.2, 0.25) is 11.8 Å². The van der Waals surface area contributed by atoms with Crippen LogP contribution in [0.2, 0.25) is 0 Å². The van der Waals surface area contributed by atoms with Crippen LogP contribution in [0.5, 0.6) is 5.75 Å². The zero-order chi connectivity index (χ0) is 18.4. The Bertz CT molecular complexity index is 734. The predicted octanol–water partition coefficient (Wildman–Crippen LogP) is 0.892. The smallest absolute Gasteiger partial charge is 0.326 e. The van der Waals surface area contributed by atoms with Gasteiger partial charge in [0, 0.05) is 18.2 Å². The summed E-state index contributed by atoms with van der Waals surface area (Å²) in [5.41, 5.74) is -0.534. The van der Waals surface area contributed by atoms with Crippen LogP contribution >= 0.6 is 0 Å². The first-order valence-corrected chi connectivity index (χ1v) is 8.25. The van der Waals surface area contributed by atoms with Gasteiger partial charge in [-0.3, -0.25) is 24.6 Å². The molecule has 0 aliphatic carbocycles. The number of hydrogen-bond donors (Lipinski definition) is 1. The van der Waals surface area contributed by atoms with Crippen molar-refractivity contribution in [2.75, 3.05) is 20.8 Å². The monoisotopic (exact) mass is 346 g/mol. The van der Waals surface area contributed by atoms with Crippen molar-refractivity contribution >= 4 is 17.8 Å². The van der Waals surface area contributed by atoms with E-state index in [4.69, 9.17) is 9.47 Å². The fourth-order valence-electron chi connectivity index (χ4n) is 4.10. The molecule has 2 fully saturated rings. The maximum Gasteiger partial charge on any atom is 0.326 e. The van der Waals surface area contributed by atoms with E-state index in [1.807, 2.05) is 18.2 Å². The zero-order valence-electron chi connectivity index (χ0n) is 14.7. The third-order valence-electron chi connectivity index (χ3n) is 5.28. The molecule has 7 nitrogen and oxygen atoms in total. The van der Waals surface area contributed by atoms with Gasteiger partial charge in [-0.25, -0.2) is 0 Å². The second-order valence-corrected chi connectivity index (χ2v) is 6.48. The van der Waals surface area contributed by atoms with E-state index in [-0.39, 0.29) is 18.4 Å². The molecule has 0 aromatic heterocycles. The molecular formula is C18H22N2O5. The number of amides is 2. The highest BCUT2D eigenvalue weighted by Crippen LogP contribution is 2.50. The molecule has 0 unspecified atom stereocenters. The molecule has 134 valence electrons. The van der Waals surface area contributed by atoms with Crippen LogP contribution < -0.4 is 10.1 Å². The van der Waals surface area contributed by atoms with Gasteiger partial charge in [0.25, 0.3) is 0 Å². The van der Waals surface area contributed by atoms with E-state index in [1.165, 1.54) is 12.0 Å². The van der Waals surface area contributed by atoms with Crippen molar-refractivity contribution < 1.29 is 23.9 Å². The van der Waals surface area contributed by atoms with Crippen molar-refractivity contribution in [3.8, 4) is 5.75 Å². The van der Waals surface area contributed by atoms with Crippen molar-refractivity contribution in [2.24, 2.45) is 11.8 Å². The quantitative estimate of drug-likeness (QED) is 0.644. The number of likely N-dealkylation sites (tertiary alicyclic amines) is 1. The molecule has 0 saturated carbocycles. The van der Waals surface area contributed by atoms with E-state index < -0.39 is 29.4 Å². The molecular weight excluding hydrogens is 324 g/mol. The summed E-state index contributed by atoms with van der Waals surface area (Å²) in [7, 11) is 2.82. The van der Waals surface area contributed by atoms with E-state index >= 15 is 0 Å². The number of carbonyl (C=O) groups is 3. The topological polar surface area (TPSA) is 84.9 Å². The highest BCUT2D eigenvalue weighted by Gasteiger charge is 2.66. The van der Waals surface area contributed by atoms with Gasteiger partial charge in [-0.05, 0) is 19.9 Å². The van der Waals surface area contributed by atoms with Gasteiger partial charge in [0.1, 0.15) is 11.3 Å². The summed E-state index contributed by atoms with van der Waals surface area (Å²) in [4.78, 5) is 39.4. The van der Waals surface area contributed by atoms with Crippen LogP contribution in [0.4, 0.5) is 0 Å². The molecule has 2 aliphatic heterocycles. The van der Waals surface area contributed by atoms with E-state index in [9.17, 15) is 14.4 Å². The Labute approximate surface area is 146 Å². The van der Waals surface area contributed by atoms with Gasteiger partial charge in [-0.2, -0.15) is 0 Å². The number of methoxy groups -OCH3 is 2. The molecule has 3 rings (SSSR count). The number of rotatable bonds is 4. The van der Waals surface area contributed by atoms with Crippen LogP contribution in [0.15, 0.2) is 24.3 Å². The number of benzene rings is 1. The summed E-state index contributed by atoms with van der Waals surface area (Å²) in [5.74, 6) is -2.04. The van der Waals surface area contributed by atoms with Crippen LogP contribution in [0, 0.1) is 11.8 Å². The first kappa shape index (κ1) is 17.4. The van der Waals surface area contributed by atoms with Gasteiger partial charge in [0.05, 0.1) is 26.1 Å². The Morgan fingerprint density at radius 1 is 1.24 bits per heavy atom. The maximum absolute atomic E-state index is 12.9. The van der Waals surface area contributed by atoms with E-state index in [0.29, 0.717) is 5.75 Å². The molecule has 0 spiro atoms. The number of para-hydroxylation sites is 1. The lowest BCUT2D eigenvalue weighted by atomic mass is 9.80. The number of fused-ring (bicyclic) bond motifs is 1. The minimum atomic E-state index is -1.28. The molecule has 2 saturated heterocycles. The molecule has 2 aliphatic rings. The van der Waals surface area contributed by atoms with Gasteiger partial charge >= 0.3 is 5.97 Å². The van der Waals surface area contributed by atoms with Crippen molar-refractivity contribution in [3.05, 3.63) is 29.8 Å². The highest BCUT2D eigenvalue weighted by molar-refractivity contribution is 6.09. The lowest BCUT2D eigenvalue weighted by Crippen LogP contribution is -2.53. The normalized spacial score (nSPS) is 31.2. The highest BCUT2D eigenvalue weighted by atomic mass is 16.5. The van der Waals surface area contributed by atoms with Gasteiger partial charge in [-0.1, -0.05) is 18.2 Å². The first-order chi connectivity index (χ1) is 11.9. The minimum Gasteiger partial charge on any atom is -0.496 e. The third kappa shape index (κ3) is 2.33. The lowest BCUT2D eigenvalue weighted by Gasteiger charge is -2.28. The third-order valence-corrected chi connectivity index (χ3v) is 5.28. The van der Waals surface area contributed by atoms with Gasteiger partial charge in [-0.15, -0.1) is 0 Å². The number of nitrogens with one attached hydrogen (secondary N) is 1. The summed E-state index contributed by atoms with van der Waals surface area (Å²) < 4.78 is 10.3.